The number of nitrogens with one attached hydrogen (secondary N) is 1. The number of carbonyl (C=O) groups excluding carboxylic acids is 2. The zero-order valence-electron chi connectivity index (χ0n) is 12.9. The largest absolute Gasteiger partial charge is 0.479 e. The Morgan fingerprint density at radius 3 is 2.92 bits per heavy atom. The maximum Gasteiger partial charge on any atom is 0.330 e. The molecule has 3 rings (SSSR count). The number of thioether (sulfide) groups is 1. The third-order valence-corrected chi connectivity index (χ3v) is 6.21. The van der Waals surface area contributed by atoms with Gasteiger partial charge in [0.25, 0.3) is 11.6 Å². The van der Waals surface area contributed by atoms with Crippen LogP contribution >= 0.6 is 23.1 Å². The first-order valence-corrected chi connectivity index (χ1v) is 9.12. The lowest BCUT2D eigenvalue weighted by atomic mass is 9.94. The maximum atomic E-state index is 12.6. The minimum atomic E-state index is -1.52. The summed E-state index contributed by atoms with van der Waals surface area (Å²) in [6.07, 6.45) is 0.133. The van der Waals surface area contributed by atoms with Gasteiger partial charge in [0.2, 0.25) is 5.91 Å². The van der Waals surface area contributed by atoms with Crippen LogP contribution in [0.15, 0.2) is 29.0 Å². The number of fused-ring (bicyclic) bond motifs is 1. The number of hydrogen-bond acceptors (Lipinski definition) is 6. The molecule has 2 unspecified atom stereocenters. The van der Waals surface area contributed by atoms with Crippen LogP contribution in [0.4, 0.5) is 0 Å². The summed E-state index contributed by atoms with van der Waals surface area (Å²) < 4.78 is 5.34. The van der Waals surface area contributed by atoms with Crippen molar-refractivity contribution in [3.8, 4) is 0 Å². The molecule has 3 atom stereocenters. The molecule has 128 valence electrons. The van der Waals surface area contributed by atoms with Crippen LogP contribution in [0.3, 0.4) is 0 Å². The smallest absolute Gasteiger partial charge is 0.330 e. The highest BCUT2D eigenvalue weighted by atomic mass is 32.2. The van der Waals surface area contributed by atoms with Gasteiger partial charge in [0, 0.05) is 12.9 Å². The Kier molecular flexibility index (Phi) is 4.41. The van der Waals surface area contributed by atoms with Gasteiger partial charge in [0.1, 0.15) is 5.37 Å². The summed E-state index contributed by atoms with van der Waals surface area (Å²) in [6.45, 7) is 3.73. The number of amides is 2. The van der Waals surface area contributed by atoms with Crippen molar-refractivity contribution in [3.63, 3.8) is 0 Å². The van der Waals surface area contributed by atoms with Gasteiger partial charge in [0.15, 0.2) is 6.04 Å². The number of rotatable bonds is 5. The third kappa shape index (κ3) is 2.52. The van der Waals surface area contributed by atoms with Crippen molar-refractivity contribution in [3.05, 3.63) is 34.5 Å². The number of methoxy groups -OCH3 is 1. The number of thiophene rings is 1. The molecule has 1 aromatic rings. The Morgan fingerprint density at radius 2 is 2.33 bits per heavy atom. The van der Waals surface area contributed by atoms with Crippen LogP contribution in [0.25, 0.3) is 0 Å². The SMILES string of the molecule is C=C1CS[C@H]2N(C(=O)C2(NC(=O)Cc2ccsc2)OC)C1C(=O)O. The number of aliphatic carboxylic acids is 1. The van der Waals surface area contributed by atoms with Crippen molar-refractivity contribution in [2.45, 2.75) is 23.6 Å². The number of ether oxygens (including phenoxy) is 1. The summed E-state index contributed by atoms with van der Waals surface area (Å²) in [4.78, 5) is 37.6. The van der Waals surface area contributed by atoms with Crippen LogP contribution in [0, 0.1) is 0 Å². The van der Waals surface area contributed by atoms with E-state index in [0.717, 1.165) is 5.56 Å². The Labute approximate surface area is 146 Å². The van der Waals surface area contributed by atoms with Gasteiger partial charge >= 0.3 is 5.97 Å². The van der Waals surface area contributed by atoms with Crippen LogP contribution in [-0.2, 0) is 25.5 Å². The molecular weight excluding hydrogens is 352 g/mol. The highest BCUT2D eigenvalue weighted by molar-refractivity contribution is 8.00. The molecule has 0 spiro atoms. The van der Waals surface area contributed by atoms with E-state index < -0.39 is 29.0 Å². The molecule has 2 N–H and O–H groups in total. The molecule has 7 nitrogen and oxygen atoms in total. The highest BCUT2D eigenvalue weighted by Crippen LogP contribution is 2.46. The molecule has 0 bridgehead atoms. The Hall–Kier alpha value is -1.84. The number of β-lactam (4-membered cyclic amide) rings is 1. The van der Waals surface area contributed by atoms with Gasteiger partial charge in [-0.05, 0) is 28.0 Å². The normalized spacial score (nSPS) is 29.0. The predicted octanol–water partition coefficient (Wildman–Crippen LogP) is 0.674. The van der Waals surface area contributed by atoms with Gasteiger partial charge in [-0.15, -0.1) is 11.8 Å². The first-order chi connectivity index (χ1) is 11.4. The Bertz CT molecular complexity index is 705. The van der Waals surface area contributed by atoms with Crippen molar-refractivity contribution in [2.75, 3.05) is 12.9 Å². The zero-order valence-corrected chi connectivity index (χ0v) is 14.5. The van der Waals surface area contributed by atoms with Gasteiger partial charge in [-0.3, -0.25) is 9.59 Å². The minimum Gasteiger partial charge on any atom is -0.479 e. The second-order valence-electron chi connectivity index (χ2n) is 5.57. The van der Waals surface area contributed by atoms with Gasteiger partial charge in [-0.2, -0.15) is 11.3 Å². The second-order valence-corrected chi connectivity index (χ2v) is 7.42. The van der Waals surface area contributed by atoms with E-state index in [0.29, 0.717) is 11.3 Å². The average molecular weight is 368 g/mol. The quantitative estimate of drug-likeness (QED) is 0.451. The molecule has 2 aliphatic heterocycles. The molecule has 2 amide bonds. The van der Waals surface area contributed by atoms with Crippen molar-refractivity contribution >= 4 is 40.9 Å². The highest BCUT2D eigenvalue weighted by Gasteiger charge is 2.67. The zero-order chi connectivity index (χ0) is 17.5. The van der Waals surface area contributed by atoms with Gasteiger partial charge in [0.05, 0.1) is 6.42 Å². The molecule has 0 aromatic carbocycles. The lowest BCUT2D eigenvalue weighted by Crippen LogP contribution is -2.83. The van der Waals surface area contributed by atoms with E-state index in [1.54, 1.807) is 0 Å². The summed E-state index contributed by atoms with van der Waals surface area (Å²) >= 11 is 2.81. The fourth-order valence-electron chi connectivity index (χ4n) is 2.92. The number of hydrogen-bond donors (Lipinski definition) is 2. The number of carbonyl (C=O) groups is 3. The molecule has 2 saturated heterocycles. The van der Waals surface area contributed by atoms with E-state index in [9.17, 15) is 19.5 Å². The van der Waals surface area contributed by atoms with Crippen LogP contribution in [0.1, 0.15) is 5.56 Å². The first-order valence-electron chi connectivity index (χ1n) is 7.13. The molecule has 0 radical (unpaired) electrons. The van der Waals surface area contributed by atoms with Crippen molar-refractivity contribution < 1.29 is 24.2 Å². The van der Waals surface area contributed by atoms with Crippen LogP contribution in [0.2, 0.25) is 0 Å². The number of nitrogens with zero attached hydrogens (tertiary/aromatic N) is 1. The van der Waals surface area contributed by atoms with E-state index in [2.05, 4.69) is 11.9 Å². The fourth-order valence-corrected chi connectivity index (χ4v) is 4.99. The molecule has 2 fully saturated rings. The molecule has 3 heterocycles. The van der Waals surface area contributed by atoms with E-state index in [4.69, 9.17) is 4.74 Å². The average Bonchev–Trinajstić information content (AvgIpc) is 3.04. The molecule has 0 aliphatic carbocycles. The molecule has 2 aliphatic rings. The van der Waals surface area contributed by atoms with E-state index in [-0.39, 0.29) is 12.3 Å². The minimum absolute atomic E-state index is 0.133. The van der Waals surface area contributed by atoms with E-state index in [1.165, 1.54) is 35.1 Å². The predicted molar refractivity (Wildman–Crippen MR) is 89.6 cm³/mol. The molecule has 9 heteroatoms. The van der Waals surface area contributed by atoms with Crippen LogP contribution < -0.4 is 5.32 Å². The number of carboxylic acid groups (broad SMARTS) is 1. The van der Waals surface area contributed by atoms with Crippen molar-refractivity contribution in [1.29, 1.82) is 0 Å². The third-order valence-electron chi connectivity index (χ3n) is 4.07. The second kappa shape index (κ2) is 6.23. The standard InChI is InChI=1S/C15H16N2O5S2/c1-8-6-24-14-15(22-2,13(21)17(14)11(8)12(19)20)16-10(18)5-9-3-4-23-7-9/h3-4,7,11,14H,1,5-6H2,2H3,(H,16,18)(H,19,20)/t11?,14-,15?/m1/s1. The lowest BCUT2D eigenvalue weighted by Gasteiger charge is -2.58. The maximum absolute atomic E-state index is 12.6. The van der Waals surface area contributed by atoms with Crippen molar-refractivity contribution in [1.82, 2.24) is 10.2 Å². The topological polar surface area (TPSA) is 95.9 Å². The van der Waals surface area contributed by atoms with Crippen LogP contribution in [-0.4, -0.2) is 57.8 Å². The van der Waals surface area contributed by atoms with Crippen LogP contribution in [0.5, 0.6) is 0 Å². The summed E-state index contributed by atoms with van der Waals surface area (Å²) in [6, 6.07) is 0.749. The molecule has 1 aromatic heterocycles. The first kappa shape index (κ1) is 17.0. The van der Waals surface area contributed by atoms with Gasteiger partial charge < -0.3 is 20.1 Å². The fraction of sp³-hybridized carbons (Fsp3) is 0.400. The Balaban J connectivity index is 1.78. The van der Waals surface area contributed by atoms with E-state index in [1.807, 2.05) is 16.8 Å². The summed E-state index contributed by atoms with van der Waals surface area (Å²) in [7, 11) is 1.33. The molecular formula is C15H16N2O5S2. The summed E-state index contributed by atoms with van der Waals surface area (Å²) in [5.74, 6) is -1.65. The van der Waals surface area contributed by atoms with E-state index >= 15 is 0 Å². The summed E-state index contributed by atoms with van der Waals surface area (Å²) in [5.41, 5.74) is -0.224. The number of carboxylic acids is 1. The summed E-state index contributed by atoms with van der Waals surface area (Å²) in [5, 5.41) is 15.1. The van der Waals surface area contributed by atoms with Gasteiger partial charge in [-0.25, -0.2) is 4.79 Å². The molecule has 0 saturated carbocycles. The monoisotopic (exact) mass is 368 g/mol. The van der Waals surface area contributed by atoms with Crippen molar-refractivity contribution in [2.24, 2.45) is 0 Å². The molecule has 24 heavy (non-hydrogen) atoms. The van der Waals surface area contributed by atoms with Gasteiger partial charge in [-0.1, -0.05) is 6.58 Å². The Morgan fingerprint density at radius 1 is 1.58 bits per heavy atom. The lowest BCUT2D eigenvalue weighted by molar-refractivity contribution is -0.201.